The molecule has 0 unspecified atom stereocenters. The van der Waals surface area contributed by atoms with Gasteiger partial charge in [-0.2, -0.15) is 0 Å². The van der Waals surface area contributed by atoms with Crippen LogP contribution in [-0.4, -0.2) is 24.2 Å². The van der Waals surface area contributed by atoms with Gasteiger partial charge in [0.05, 0.1) is 23.2 Å². The highest BCUT2D eigenvalue weighted by Gasteiger charge is 2.31. The van der Waals surface area contributed by atoms with Gasteiger partial charge in [0.25, 0.3) is 0 Å². The second-order valence-corrected chi connectivity index (χ2v) is 5.83. The second kappa shape index (κ2) is 5.89. The van der Waals surface area contributed by atoms with Crippen molar-refractivity contribution in [1.82, 2.24) is 4.57 Å². The summed E-state index contributed by atoms with van der Waals surface area (Å²) < 4.78 is 35.2. The van der Waals surface area contributed by atoms with Crippen molar-refractivity contribution in [1.29, 1.82) is 0 Å². The molecule has 0 bridgehead atoms. The summed E-state index contributed by atoms with van der Waals surface area (Å²) in [5.74, 6) is -2.88. The average molecular weight is 336 g/mol. The van der Waals surface area contributed by atoms with Gasteiger partial charge < -0.3 is 14.6 Å². The molecule has 1 saturated carbocycles. The van der Waals surface area contributed by atoms with Gasteiger partial charge in [0, 0.05) is 24.8 Å². The number of hydrogen-bond donors (Lipinski definition) is 1. The number of nitrogens with zero attached hydrogens (tertiary/aromatic N) is 1. The zero-order valence-electron chi connectivity index (χ0n) is 13.7. The maximum Gasteiger partial charge on any atom is 0.343 e. The number of rotatable bonds is 4. The maximum absolute atomic E-state index is 14.3. The quantitative estimate of drug-likeness (QED) is 0.872. The minimum absolute atomic E-state index is 0.0219. The van der Waals surface area contributed by atoms with Gasteiger partial charge in [0.2, 0.25) is 5.43 Å². The van der Waals surface area contributed by atoms with Gasteiger partial charge in [-0.15, -0.1) is 0 Å². The second-order valence-electron chi connectivity index (χ2n) is 5.83. The number of benzene rings is 1. The number of nitrogens with one attached hydrogen (secondary N) is 1. The average Bonchev–Trinajstić information content (AvgIpc) is 3.39. The van der Waals surface area contributed by atoms with Crippen LogP contribution in [0.4, 0.5) is 14.5 Å². The van der Waals surface area contributed by atoms with E-state index in [0.29, 0.717) is 5.52 Å². The molecule has 1 aliphatic carbocycles. The SMILES string of the molecule is CCOC(=O)c1cn(C2CC2)c2c(C)c(F)c(F)c(NC)c2c1=O. The molecule has 24 heavy (non-hydrogen) atoms. The highest BCUT2D eigenvalue weighted by molar-refractivity contribution is 6.00. The first-order chi connectivity index (χ1) is 11.4. The van der Waals surface area contributed by atoms with Crippen LogP contribution < -0.4 is 10.7 Å². The van der Waals surface area contributed by atoms with Crippen LogP contribution in [0, 0.1) is 18.6 Å². The number of aryl methyl sites for hydroxylation is 1. The highest BCUT2D eigenvalue weighted by Crippen LogP contribution is 2.40. The van der Waals surface area contributed by atoms with Crippen molar-refractivity contribution in [2.24, 2.45) is 0 Å². The molecule has 128 valence electrons. The fourth-order valence-corrected chi connectivity index (χ4v) is 2.96. The van der Waals surface area contributed by atoms with E-state index in [1.54, 1.807) is 11.5 Å². The van der Waals surface area contributed by atoms with Gasteiger partial charge >= 0.3 is 5.97 Å². The number of carbonyl (C=O) groups excluding carboxylic acids is 1. The van der Waals surface area contributed by atoms with Crippen LogP contribution in [0.3, 0.4) is 0 Å². The topological polar surface area (TPSA) is 60.3 Å². The largest absolute Gasteiger partial charge is 0.462 e. The number of pyridine rings is 1. The standard InChI is InChI=1S/C17H18F2N2O3/c1-4-24-17(23)10-7-21(9-5-6-9)15-8(2)12(18)13(19)14(20-3)11(15)16(10)22/h7,9,20H,4-6H2,1-3H3. The molecule has 1 heterocycles. The lowest BCUT2D eigenvalue weighted by Crippen LogP contribution is -2.23. The van der Waals surface area contributed by atoms with Crippen LogP contribution in [0.2, 0.25) is 0 Å². The lowest BCUT2D eigenvalue weighted by molar-refractivity contribution is 0.0524. The molecule has 0 radical (unpaired) electrons. The first-order valence-electron chi connectivity index (χ1n) is 7.83. The Bertz CT molecular complexity index is 901. The van der Waals surface area contributed by atoms with Gasteiger partial charge in [-0.05, 0) is 26.7 Å². The number of halogens is 2. The molecular formula is C17H18F2N2O3. The van der Waals surface area contributed by atoms with Gasteiger partial charge in [-0.25, -0.2) is 13.6 Å². The Hall–Kier alpha value is -2.44. The lowest BCUT2D eigenvalue weighted by Gasteiger charge is -2.18. The molecule has 2 aromatic rings. The number of fused-ring (bicyclic) bond motifs is 1. The van der Waals surface area contributed by atoms with Crippen LogP contribution in [-0.2, 0) is 4.74 Å². The molecule has 1 N–H and O–H groups in total. The molecular weight excluding hydrogens is 318 g/mol. The Morgan fingerprint density at radius 1 is 1.38 bits per heavy atom. The van der Waals surface area contributed by atoms with Crippen LogP contribution in [0.25, 0.3) is 10.9 Å². The summed E-state index contributed by atoms with van der Waals surface area (Å²) in [5, 5.41) is 2.53. The fourth-order valence-electron chi connectivity index (χ4n) is 2.96. The van der Waals surface area contributed by atoms with Crippen molar-refractivity contribution < 1.29 is 18.3 Å². The van der Waals surface area contributed by atoms with Gasteiger partial charge in [-0.3, -0.25) is 4.79 Å². The lowest BCUT2D eigenvalue weighted by atomic mass is 10.0. The van der Waals surface area contributed by atoms with E-state index in [9.17, 15) is 18.4 Å². The molecule has 1 aromatic carbocycles. The van der Waals surface area contributed by atoms with Crippen molar-refractivity contribution in [3.05, 3.63) is 39.2 Å². The molecule has 1 aromatic heterocycles. The third-order valence-corrected chi connectivity index (χ3v) is 4.27. The normalized spacial score (nSPS) is 14.0. The smallest absolute Gasteiger partial charge is 0.343 e. The molecule has 0 amide bonds. The molecule has 1 fully saturated rings. The van der Waals surface area contributed by atoms with Crippen LogP contribution in [0.1, 0.15) is 41.7 Å². The minimum atomic E-state index is -1.12. The minimum Gasteiger partial charge on any atom is -0.462 e. The van der Waals surface area contributed by atoms with Crippen molar-refractivity contribution in [3.8, 4) is 0 Å². The monoisotopic (exact) mass is 336 g/mol. The zero-order valence-corrected chi connectivity index (χ0v) is 13.7. The van der Waals surface area contributed by atoms with Crippen LogP contribution >= 0.6 is 0 Å². The number of ether oxygens (including phenoxy) is 1. The molecule has 1 aliphatic rings. The van der Waals surface area contributed by atoms with Crippen molar-refractivity contribution in [3.63, 3.8) is 0 Å². The molecule has 3 rings (SSSR count). The van der Waals surface area contributed by atoms with Gasteiger partial charge in [-0.1, -0.05) is 0 Å². The summed E-state index contributed by atoms with van der Waals surface area (Å²) in [5.41, 5.74) is -0.691. The van der Waals surface area contributed by atoms with E-state index >= 15 is 0 Å². The molecule has 0 aliphatic heterocycles. The Balaban J connectivity index is 2.48. The van der Waals surface area contributed by atoms with Crippen molar-refractivity contribution in [2.75, 3.05) is 19.0 Å². The molecule has 0 spiro atoms. The van der Waals surface area contributed by atoms with E-state index < -0.39 is 23.0 Å². The van der Waals surface area contributed by atoms with E-state index in [2.05, 4.69) is 5.32 Å². The van der Waals surface area contributed by atoms with E-state index in [0.717, 1.165) is 12.8 Å². The highest BCUT2D eigenvalue weighted by atomic mass is 19.2. The van der Waals surface area contributed by atoms with E-state index in [-0.39, 0.29) is 34.8 Å². The number of hydrogen-bond acceptors (Lipinski definition) is 4. The Morgan fingerprint density at radius 3 is 2.58 bits per heavy atom. The van der Waals surface area contributed by atoms with Crippen LogP contribution in [0.15, 0.2) is 11.0 Å². The first-order valence-corrected chi connectivity index (χ1v) is 7.83. The summed E-state index contributed by atoms with van der Waals surface area (Å²) in [4.78, 5) is 24.9. The number of anilines is 1. The first kappa shape index (κ1) is 16.4. The third-order valence-electron chi connectivity index (χ3n) is 4.27. The maximum atomic E-state index is 14.3. The Kier molecular flexibility index (Phi) is 4.03. The molecule has 0 saturated heterocycles. The molecule has 5 nitrogen and oxygen atoms in total. The van der Waals surface area contributed by atoms with Crippen molar-refractivity contribution >= 4 is 22.6 Å². The number of esters is 1. The van der Waals surface area contributed by atoms with E-state index in [1.165, 1.54) is 20.2 Å². The van der Waals surface area contributed by atoms with E-state index in [4.69, 9.17) is 4.74 Å². The summed E-state index contributed by atoms with van der Waals surface area (Å²) in [6, 6.07) is 0.0644. The van der Waals surface area contributed by atoms with Crippen molar-refractivity contribution in [2.45, 2.75) is 32.7 Å². The predicted molar refractivity (Wildman–Crippen MR) is 86.6 cm³/mol. The Labute approximate surface area is 137 Å². The third kappa shape index (κ3) is 2.35. The molecule has 0 atom stereocenters. The van der Waals surface area contributed by atoms with Gasteiger partial charge in [0.1, 0.15) is 5.56 Å². The molecule has 7 heteroatoms. The Morgan fingerprint density at radius 2 is 2.04 bits per heavy atom. The summed E-state index contributed by atoms with van der Waals surface area (Å²) in [6.07, 6.45) is 3.12. The summed E-state index contributed by atoms with van der Waals surface area (Å²) in [6.45, 7) is 3.19. The van der Waals surface area contributed by atoms with Crippen LogP contribution in [0.5, 0.6) is 0 Å². The predicted octanol–water partition coefficient (Wildman–Crippen LogP) is 3.14. The number of carbonyl (C=O) groups is 1. The number of aromatic nitrogens is 1. The van der Waals surface area contributed by atoms with Gasteiger partial charge in [0.15, 0.2) is 11.6 Å². The summed E-state index contributed by atoms with van der Waals surface area (Å²) >= 11 is 0. The van der Waals surface area contributed by atoms with E-state index in [1.807, 2.05) is 0 Å². The zero-order chi connectivity index (χ0) is 17.6. The summed E-state index contributed by atoms with van der Waals surface area (Å²) in [7, 11) is 1.41. The fraction of sp³-hybridized carbons (Fsp3) is 0.412.